The summed E-state index contributed by atoms with van der Waals surface area (Å²) >= 11 is 0. The van der Waals surface area contributed by atoms with Gasteiger partial charge in [0.05, 0.1) is 30.7 Å². The van der Waals surface area contributed by atoms with Gasteiger partial charge in [-0.3, -0.25) is 19.3 Å². The molecule has 0 amide bonds. The molecule has 0 bridgehead atoms. The van der Waals surface area contributed by atoms with Gasteiger partial charge >= 0.3 is 11.8 Å². The van der Waals surface area contributed by atoms with Gasteiger partial charge in [0.2, 0.25) is 11.2 Å². The number of ether oxygens (including phenoxy) is 2. The number of aromatic nitrogens is 1. The van der Waals surface area contributed by atoms with Gasteiger partial charge in [-0.2, -0.15) is 0 Å². The van der Waals surface area contributed by atoms with Gasteiger partial charge in [0.1, 0.15) is 22.6 Å². The maximum absolute atomic E-state index is 17.9. The highest BCUT2D eigenvalue weighted by molar-refractivity contribution is 6.03. The molecule has 2 unspecified atom stereocenters. The number of aryl methyl sites for hydroxylation is 2. The first-order chi connectivity index (χ1) is 31.9. The summed E-state index contributed by atoms with van der Waals surface area (Å²) in [7, 11) is 1.44. The van der Waals surface area contributed by atoms with Gasteiger partial charge in [-0.25, -0.2) is 18.4 Å². The number of Topliss-reactive ketones (excluding diaryl/α,β-unsaturated/α-hetero) is 1. The van der Waals surface area contributed by atoms with Crippen LogP contribution in [0.4, 0.5) is 14.5 Å². The van der Waals surface area contributed by atoms with Gasteiger partial charge in [-0.1, -0.05) is 25.5 Å². The molecular weight excluding hydrogens is 881 g/mol. The Morgan fingerprint density at radius 1 is 1.03 bits per heavy atom. The number of halogens is 2. The second-order valence-electron chi connectivity index (χ2n) is 22.1. The number of hydrogen-bond donors (Lipinski definition) is 2. The van der Waals surface area contributed by atoms with Crippen LogP contribution in [0.1, 0.15) is 125 Å². The molecule has 5 aliphatic carbocycles. The minimum Gasteiger partial charge on any atom is -0.492 e. The minimum atomic E-state index is -2.19. The van der Waals surface area contributed by atoms with Crippen molar-refractivity contribution >= 4 is 34.1 Å². The largest absolute Gasteiger partial charge is 0.519 e. The molecule has 16 heteroatoms. The molecule has 0 radical (unpaired) electrons. The molecule has 10 rings (SSSR count). The van der Waals surface area contributed by atoms with Gasteiger partial charge in [0, 0.05) is 53.2 Å². The number of aliphatic hydroxyl groups excluding tert-OH is 1. The molecule has 4 heterocycles. The van der Waals surface area contributed by atoms with Crippen molar-refractivity contribution in [2.75, 3.05) is 31.6 Å². The lowest BCUT2D eigenvalue weighted by atomic mass is 9.44. The number of methoxy groups -OCH3 is 1. The number of alkyl halides is 1. The van der Waals surface area contributed by atoms with Crippen molar-refractivity contribution in [1.29, 1.82) is 0 Å². The van der Waals surface area contributed by atoms with E-state index in [0.29, 0.717) is 55.1 Å². The molecule has 3 aromatic rings. The summed E-state index contributed by atoms with van der Waals surface area (Å²) in [6, 6.07) is -0.146. The van der Waals surface area contributed by atoms with Crippen molar-refractivity contribution in [2.45, 2.75) is 148 Å². The Kier molecular flexibility index (Phi) is 10.7. The number of fused-ring (bicyclic) bond motifs is 7. The zero-order valence-electron chi connectivity index (χ0n) is 40.4. The fraction of sp³-hybridized carbons (Fsp3) is 0.635. The summed E-state index contributed by atoms with van der Waals surface area (Å²) in [5.41, 5.74) is -8.66. The van der Waals surface area contributed by atoms with Crippen molar-refractivity contribution in [3.8, 4) is 5.75 Å². The first-order valence-corrected chi connectivity index (χ1v) is 24.3. The normalized spacial score (nSPS) is 34.6. The number of rotatable bonds is 9. The molecule has 6 fully saturated rings. The Hall–Kier alpha value is -4.93. The molecule has 2 aromatic heterocycles. The molecule has 68 heavy (non-hydrogen) atoms. The lowest BCUT2D eigenvalue weighted by Crippen LogP contribution is -2.70. The number of anilines is 1. The maximum Gasteiger partial charge on any atom is 0.519 e. The van der Waals surface area contributed by atoms with Crippen LogP contribution in [0.2, 0.25) is 0 Å². The minimum absolute atomic E-state index is 0.00148. The van der Waals surface area contributed by atoms with Crippen molar-refractivity contribution in [2.24, 2.45) is 34.5 Å². The molecule has 2 N–H and O–H groups in total. The van der Waals surface area contributed by atoms with Crippen molar-refractivity contribution in [3.05, 3.63) is 78.8 Å². The van der Waals surface area contributed by atoms with E-state index in [1.54, 1.807) is 40.7 Å². The summed E-state index contributed by atoms with van der Waals surface area (Å²) < 4.78 is 59.7. The Balaban J connectivity index is 0.977. The molecule has 14 nitrogen and oxygen atoms in total. The second kappa shape index (κ2) is 15.5. The fourth-order valence-corrected chi connectivity index (χ4v) is 14.6. The number of nitrogens with zero attached hydrogens (tertiary/aromatic N) is 3. The van der Waals surface area contributed by atoms with E-state index < -0.39 is 80.4 Å². The number of hydrogen-bond acceptors (Lipinski definition) is 13. The van der Waals surface area contributed by atoms with Crippen LogP contribution < -0.4 is 20.9 Å². The van der Waals surface area contributed by atoms with Crippen molar-refractivity contribution < 1.29 is 51.7 Å². The maximum atomic E-state index is 17.9. The number of benzene rings is 1. The first kappa shape index (κ1) is 46.8. The van der Waals surface area contributed by atoms with Crippen LogP contribution in [0.5, 0.6) is 5.75 Å². The van der Waals surface area contributed by atoms with Gasteiger partial charge < -0.3 is 38.0 Å². The molecule has 4 saturated carbocycles. The van der Waals surface area contributed by atoms with Crippen LogP contribution >= 0.6 is 0 Å². The predicted octanol–water partition coefficient (Wildman–Crippen LogP) is 6.91. The van der Waals surface area contributed by atoms with E-state index in [-0.39, 0.29) is 70.3 Å². The van der Waals surface area contributed by atoms with Crippen LogP contribution in [0, 0.1) is 61.1 Å². The van der Waals surface area contributed by atoms with Gasteiger partial charge in [0.15, 0.2) is 34.4 Å². The van der Waals surface area contributed by atoms with E-state index in [9.17, 15) is 29.4 Å². The molecular formula is C52H63F2N3O11. The number of pyridine rings is 1. The molecule has 1 aromatic carbocycles. The third kappa shape index (κ3) is 6.30. The molecule has 2 aliphatic heterocycles. The lowest BCUT2D eigenvalue weighted by molar-refractivity contribution is -0.223. The van der Waals surface area contributed by atoms with Crippen LogP contribution in [0.15, 0.2) is 42.2 Å². The van der Waals surface area contributed by atoms with E-state index in [1.165, 1.54) is 40.0 Å². The summed E-state index contributed by atoms with van der Waals surface area (Å²) in [4.78, 5) is 73.1. The molecule has 366 valence electrons. The van der Waals surface area contributed by atoms with E-state index in [0.717, 1.165) is 32.2 Å². The van der Waals surface area contributed by atoms with Crippen molar-refractivity contribution in [1.82, 2.24) is 9.47 Å². The van der Waals surface area contributed by atoms with Gasteiger partial charge in [0.25, 0.3) is 0 Å². The first-order valence-electron chi connectivity index (χ1n) is 24.3. The summed E-state index contributed by atoms with van der Waals surface area (Å²) in [6.45, 7) is 14.8. The number of ketones is 2. The number of aliphatic hydroxyl groups is 2. The van der Waals surface area contributed by atoms with Gasteiger partial charge in [-0.05, 0) is 129 Å². The van der Waals surface area contributed by atoms with E-state index in [4.69, 9.17) is 18.3 Å². The number of allylic oxidation sites excluding steroid dienone is 4. The second-order valence-corrected chi connectivity index (χ2v) is 22.1. The fourth-order valence-electron chi connectivity index (χ4n) is 14.6. The number of piperidine rings is 1. The predicted molar refractivity (Wildman–Crippen MR) is 246 cm³/mol. The zero-order chi connectivity index (χ0) is 48.9. The molecule has 0 spiro atoms. The lowest BCUT2D eigenvalue weighted by Gasteiger charge is -2.62. The number of esters is 1. The standard InChI is InChI=1S/C52H63F2N3O11/c1-25-19-34-33-15-12-30-20-32(58)16-17-49(30,7)51(33,54)37(59)21-50(34,8)52(25,64)46(62)48(5,6)68-45(61)39-27(3)57(31-13-14-31)41-38(43(39)60)26(2)40(53)42(44(41)65-9)56-22-29-11-10-18-55(35(29)23-56)24-36-28(4)66-47(63)67-36/h16-17,20,25,29,31,33-35,37,59,64H,10-15,18-19,21-24H2,1-9H3/t25-,29?,33-,34-,35?,37-,49-,50-,51-,52-/m0/s1. The Bertz CT molecular complexity index is 2870. The van der Waals surface area contributed by atoms with E-state index in [1.807, 2.05) is 9.47 Å². The third-order valence-corrected chi connectivity index (χ3v) is 18.2. The van der Waals surface area contributed by atoms with Crippen LogP contribution in [-0.2, 0) is 20.9 Å². The number of carbonyl (C=O) groups excluding carboxylic acids is 3. The topological polar surface area (TPSA) is 182 Å². The Labute approximate surface area is 393 Å². The quantitative estimate of drug-likeness (QED) is 0.212. The van der Waals surface area contributed by atoms with Crippen LogP contribution in [0.25, 0.3) is 10.9 Å². The summed E-state index contributed by atoms with van der Waals surface area (Å²) in [5.74, 6) is -4.43. The smallest absolute Gasteiger partial charge is 0.492 e. The van der Waals surface area contributed by atoms with E-state index in [2.05, 4.69) is 4.90 Å². The Morgan fingerprint density at radius 3 is 2.41 bits per heavy atom. The highest BCUT2D eigenvalue weighted by Gasteiger charge is 2.76. The average molecular weight is 944 g/mol. The highest BCUT2D eigenvalue weighted by Crippen LogP contribution is 2.71. The zero-order valence-corrected chi connectivity index (χ0v) is 40.4. The van der Waals surface area contributed by atoms with E-state index >= 15 is 13.6 Å². The number of likely N-dealkylation sites (tertiary alicyclic amines) is 1. The highest BCUT2D eigenvalue weighted by atomic mass is 19.1. The monoisotopic (exact) mass is 943 g/mol. The summed E-state index contributed by atoms with van der Waals surface area (Å²) in [5, 5.41) is 24.8. The SMILES string of the molecule is COc1c(N2CC3CCCN(Cc4oc(=O)oc4C)C3C2)c(F)c(C)c2c(=O)c(C(=O)OC(C)(C)C(=O)[C@@]3(O)[C@@H](C)C[C@H]4[C@@H]5CCC6=CC(=O)C=C[C@]6(C)[C@@]5(F)[C@@H](O)C[C@@]43C)c(C)n(C3CC3)c12. The summed E-state index contributed by atoms with van der Waals surface area (Å²) in [6.07, 6.45) is 6.72. The number of carbonyl (C=O) groups is 3. The Morgan fingerprint density at radius 2 is 1.75 bits per heavy atom. The van der Waals surface area contributed by atoms with Crippen LogP contribution in [0.3, 0.4) is 0 Å². The molecule has 10 atom stereocenters. The van der Waals surface area contributed by atoms with Crippen LogP contribution in [-0.4, -0.2) is 93.0 Å². The molecule has 2 saturated heterocycles. The average Bonchev–Trinajstić information content (AvgIpc) is 3.87. The van der Waals surface area contributed by atoms with Crippen molar-refractivity contribution in [3.63, 3.8) is 0 Å². The molecule has 7 aliphatic rings. The van der Waals surface area contributed by atoms with Gasteiger partial charge in [-0.15, -0.1) is 0 Å². The third-order valence-electron chi connectivity index (χ3n) is 18.2.